The largest absolute Gasteiger partial charge is 0.394 e. The number of rotatable bonds is 7. The maximum Gasteiger partial charge on any atom is 0.223 e. The van der Waals surface area contributed by atoms with Gasteiger partial charge in [-0.1, -0.05) is 49.1 Å². The van der Waals surface area contributed by atoms with Crippen LogP contribution in [0.2, 0.25) is 0 Å². The molecule has 0 bridgehead atoms. The van der Waals surface area contributed by atoms with E-state index < -0.39 is 0 Å². The van der Waals surface area contributed by atoms with Crippen LogP contribution in [0.5, 0.6) is 0 Å². The van der Waals surface area contributed by atoms with E-state index in [-0.39, 0.29) is 31.1 Å². The predicted molar refractivity (Wildman–Crippen MR) is 86.5 cm³/mol. The van der Waals surface area contributed by atoms with Gasteiger partial charge >= 0.3 is 0 Å². The smallest absolute Gasteiger partial charge is 0.223 e. The Bertz CT molecular complexity index is 452. The summed E-state index contributed by atoms with van der Waals surface area (Å²) >= 11 is 0. The van der Waals surface area contributed by atoms with Crippen LogP contribution in [-0.4, -0.2) is 30.8 Å². The van der Waals surface area contributed by atoms with Gasteiger partial charge in [0.05, 0.1) is 19.3 Å². The van der Waals surface area contributed by atoms with Gasteiger partial charge in [-0.25, -0.2) is 0 Å². The Balaban J connectivity index is 1.91. The van der Waals surface area contributed by atoms with Crippen LogP contribution < -0.4 is 5.32 Å². The van der Waals surface area contributed by atoms with Crippen molar-refractivity contribution in [1.82, 2.24) is 5.32 Å². The summed E-state index contributed by atoms with van der Waals surface area (Å²) in [5.41, 5.74) is 2.22. The summed E-state index contributed by atoms with van der Waals surface area (Å²) in [4.78, 5) is 12.2. The van der Waals surface area contributed by atoms with E-state index in [0.29, 0.717) is 6.54 Å². The molecule has 1 saturated carbocycles. The van der Waals surface area contributed by atoms with Gasteiger partial charge in [-0.2, -0.15) is 0 Å². The second kappa shape index (κ2) is 8.91. The minimum atomic E-state index is -0.208. The quantitative estimate of drug-likeness (QED) is 0.814. The van der Waals surface area contributed by atoms with Crippen LogP contribution in [0.1, 0.15) is 49.3 Å². The van der Waals surface area contributed by atoms with Crippen LogP contribution in [-0.2, 0) is 9.53 Å². The first-order valence-electron chi connectivity index (χ1n) is 8.27. The Labute approximate surface area is 132 Å². The van der Waals surface area contributed by atoms with Gasteiger partial charge in [0, 0.05) is 12.5 Å². The minimum Gasteiger partial charge on any atom is -0.394 e. The Morgan fingerprint density at radius 2 is 1.95 bits per heavy atom. The monoisotopic (exact) mass is 305 g/mol. The molecule has 1 unspecified atom stereocenters. The fraction of sp³-hybridized carbons (Fsp3) is 0.611. The zero-order chi connectivity index (χ0) is 15.8. The van der Waals surface area contributed by atoms with Gasteiger partial charge in [0.15, 0.2) is 0 Å². The summed E-state index contributed by atoms with van der Waals surface area (Å²) in [7, 11) is 0. The summed E-state index contributed by atoms with van der Waals surface area (Å²) in [5.74, 6) is 0.301. The maximum atomic E-state index is 12.2. The summed E-state index contributed by atoms with van der Waals surface area (Å²) < 4.78 is 5.69. The lowest BCUT2D eigenvalue weighted by Gasteiger charge is -2.23. The minimum absolute atomic E-state index is 0.0149. The van der Waals surface area contributed by atoms with E-state index in [4.69, 9.17) is 9.84 Å². The zero-order valence-corrected chi connectivity index (χ0v) is 13.4. The van der Waals surface area contributed by atoms with Crippen molar-refractivity contribution in [2.24, 2.45) is 5.92 Å². The van der Waals surface area contributed by atoms with Crippen LogP contribution in [0, 0.1) is 12.8 Å². The molecule has 0 heterocycles. The van der Waals surface area contributed by atoms with Crippen molar-refractivity contribution in [3.63, 3.8) is 0 Å². The number of aryl methyl sites for hydroxylation is 1. The van der Waals surface area contributed by atoms with Crippen LogP contribution in [0.4, 0.5) is 0 Å². The van der Waals surface area contributed by atoms with Crippen LogP contribution in [0.15, 0.2) is 24.3 Å². The van der Waals surface area contributed by atoms with Crippen molar-refractivity contribution >= 4 is 5.91 Å². The number of benzene rings is 1. The van der Waals surface area contributed by atoms with Gasteiger partial charge < -0.3 is 15.2 Å². The number of carbonyl (C=O) groups excluding carboxylic acids is 1. The lowest BCUT2D eigenvalue weighted by atomic mass is 9.88. The van der Waals surface area contributed by atoms with Gasteiger partial charge in [0.2, 0.25) is 5.91 Å². The SMILES string of the molecule is Cc1ccc(C(CNC(=O)C2CCCCC2)OCCO)cc1. The van der Waals surface area contributed by atoms with Crippen molar-refractivity contribution in [1.29, 1.82) is 0 Å². The molecule has 1 aliphatic carbocycles. The van der Waals surface area contributed by atoms with E-state index in [9.17, 15) is 4.79 Å². The second-order valence-corrected chi connectivity index (χ2v) is 6.07. The number of carbonyl (C=O) groups is 1. The molecule has 122 valence electrons. The number of amides is 1. The molecule has 1 fully saturated rings. The van der Waals surface area contributed by atoms with E-state index in [0.717, 1.165) is 31.2 Å². The standard InChI is InChI=1S/C18H27NO3/c1-14-7-9-15(10-8-14)17(22-12-11-20)13-19-18(21)16-5-3-2-4-6-16/h7-10,16-17,20H,2-6,11-13H2,1H3,(H,19,21). The molecule has 1 atom stereocenters. The molecular formula is C18H27NO3. The van der Waals surface area contributed by atoms with Crippen LogP contribution in [0.3, 0.4) is 0 Å². The highest BCUT2D eigenvalue weighted by Crippen LogP contribution is 2.24. The molecule has 1 aliphatic rings. The van der Waals surface area contributed by atoms with E-state index in [1.54, 1.807) is 0 Å². The van der Waals surface area contributed by atoms with Gasteiger partial charge in [-0.15, -0.1) is 0 Å². The molecule has 0 spiro atoms. The summed E-state index contributed by atoms with van der Waals surface area (Å²) in [6.45, 7) is 2.76. The molecule has 22 heavy (non-hydrogen) atoms. The Morgan fingerprint density at radius 1 is 1.27 bits per heavy atom. The highest BCUT2D eigenvalue weighted by molar-refractivity contribution is 5.78. The molecule has 4 nitrogen and oxygen atoms in total. The molecule has 2 N–H and O–H groups in total. The normalized spacial score (nSPS) is 17.2. The fourth-order valence-electron chi connectivity index (χ4n) is 2.95. The van der Waals surface area contributed by atoms with Crippen molar-refractivity contribution < 1.29 is 14.6 Å². The lowest BCUT2D eigenvalue weighted by Crippen LogP contribution is -2.35. The zero-order valence-electron chi connectivity index (χ0n) is 13.4. The third-order valence-electron chi connectivity index (χ3n) is 4.30. The Morgan fingerprint density at radius 3 is 2.59 bits per heavy atom. The third-order valence-corrected chi connectivity index (χ3v) is 4.30. The molecule has 0 aliphatic heterocycles. The summed E-state index contributed by atoms with van der Waals surface area (Å²) in [6.07, 6.45) is 5.34. The topological polar surface area (TPSA) is 58.6 Å². The molecule has 1 aromatic carbocycles. The maximum absolute atomic E-state index is 12.2. The van der Waals surface area contributed by atoms with Crippen molar-refractivity contribution in [2.75, 3.05) is 19.8 Å². The van der Waals surface area contributed by atoms with E-state index in [1.807, 2.05) is 31.2 Å². The van der Waals surface area contributed by atoms with E-state index in [2.05, 4.69) is 5.32 Å². The number of hydrogen-bond donors (Lipinski definition) is 2. The highest BCUT2D eigenvalue weighted by Gasteiger charge is 2.22. The molecule has 0 saturated heterocycles. The first kappa shape index (κ1) is 17.0. The number of hydrogen-bond acceptors (Lipinski definition) is 3. The average Bonchev–Trinajstić information content (AvgIpc) is 2.56. The van der Waals surface area contributed by atoms with Gasteiger partial charge in [0.25, 0.3) is 0 Å². The molecular weight excluding hydrogens is 278 g/mol. The van der Waals surface area contributed by atoms with Gasteiger partial charge in [-0.05, 0) is 25.3 Å². The lowest BCUT2D eigenvalue weighted by molar-refractivity contribution is -0.126. The van der Waals surface area contributed by atoms with Crippen molar-refractivity contribution in [3.8, 4) is 0 Å². The van der Waals surface area contributed by atoms with E-state index >= 15 is 0 Å². The number of aliphatic hydroxyl groups is 1. The van der Waals surface area contributed by atoms with E-state index in [1.165, 1.54) is 12.0 Å². The molecule has 1 aromatic rings. The summed E-state index contributed by atoms with van der Waals surface area (Å²) in [5, 5.41) is 12.0. The first-order chi connectivity index (χ1) is 10.7. The molecule has 2 rings (SSSR count). The first-order valence-corrected chi connectivity index (χ1v) is 8.27. The summed E-state index contributed by atoms with van der Waals surface area (Å²) in [6, 6.07) is 8.11. The number of aliphatic hydroxyl groups excluding tert-OH is 1. The third kappa shape index (κ3) is 5.11. The van der Waals surface area contributed by atoms with Crippen LogP contribution in [0.25, 0.3) is 0 Å². The number of nitrogens with one attached hydrogen (secondary N) is 1. The van der Waals surface area contributed by atoms with Crippen LogP contribution >= 0.6 is 0 Å². The molecule has 0 aromatic heterocycles. The average molecular weight is 305 g/mol. The van der Waals surface area contributed by atoms with Crippen molar-refractivity contribution in [2.45, 2.75) is 45.1 Å². The van der Waals surface area contributed by atoms with Gasteiger partial charge in [0.1, 0.15) is 0 Å². The molecule has 4 heteroatoms. The Kier molecular flexibility index (Phi) is 6.87. The number of ether oxygens (including phenoxy) is 1. The molecule has 0 radical (unpaired) electrons. The predicted octanol–water partition coefficient (Wildman–Crippen LogP) is 2.74. The molecule has 1 amide bonds. The highest BCUT2D eigenvalue weighted by atomic mass is 16.5. The Hall–Kier alpha value is -1.39. The fourth-order valence-corrected chi connectivity index (χ4v) is 2.95. The second-order valence-electron chi connectivity index (χ2n) is 6.07. The van der Waals surface area contributed by atoms with Gasteiger partial charge in [-0.3, -0.25) is 4.79 Å². The van der Waals surface area contributed by atoms with Crippen molar-refractivity contribution in [3.05, 3.63) is 35.4 Å².